The molecule has 2 aromatic rings. The predicted octanol–water partition coefficient (Wildman–Crippen LogP) is 4.33. The van der Waals surface area contributed by atoms with Gasteiger partial charge in [-0.3, -0.25) is 0 Å². The first-order valence-electron chi connectivity index (χ1n) is 8.57. The molecule has 0 atom stereocenters. The van der Waals surface area contributed by atoms with Gasteiger partial charge in [-0.2, -0.15) is 8.78 Å². The molecule has 0 radical (unpaired) electrons. The molecule has 1 aromatic heterocycles. The zero-order valence-electron chi connectivity index (χ0n) is 14.3. The lowest BCUT2D eigenvalue weighted by Crippen LogP contribution is -2.29. The normalized spacial score (nSPS) is 15.0. The van der Waals surface area contributed by atoms with Crippen molar-refractivity contribution in [3.63, 3.8) is 0 Å². The standard InChI is InChI=1S/C18H23F2N3OS/c1-13-16(25-18(22-13)23-9-3-2-4-10-23)12-21-11-14-5-7-15(8-6-14)24-17(19)20/h5-8,17,21H,2-4,9-12H2,1H3. The minimum absolute atomic E-state index is 0.184. The quantitative estimate of drug-likeness (QED) is 0.790. The van der Waals surface area contributed by atoms with Crippen LogP contribution in [-0.2, 0) is 13.1 Å². The van der Waals surface area contributed by atoms with Gasteiger partial charge in [0.2, 0.25) is 0 Å². The Kier molecular flexibility index (Phi) is 6.20. The van der Waals surface area contributed by atoms with E-state index in [1.165, 1.54) is 24.1 Å². The van der Waals surface area contributed by atoms with Crippen molar-refractivity contribution < 1.29 is 13.5 Å². The fraction of sp³-hybridized carbons (Fsp3) is 0.500. The van der Waals surface area contributed by atoms with Gasteiger partial charge in [-0.1, -0.05) is 12.1 Å². The van der Waals surface area contributed by atoms with Crippen molar-refractivity contribution in [3.05, 3.63) is 40.4 Å². The molecule has 1 saturated heterocycles. The summed E-state index contributed by atoms with van der Waals surface area (Å²) >= 11 is 1.76. The highest BCUT2D eigenvalue weighted by Gasteiger charge is 2.16. The third-order valence-electron chi connectivity index (χ3n) is 4.27. The molecule has 7 heteroatoms. The average Bonchev–Trinajstić information content (AvgIpc) is 2.98. The zero-order chi connectivity index (χ0) is 17.6. The number of hydrogen-bond acceptors (Lipinski definition) is 5. The molecule has 1 aromatic carbocycles. The molecule has 136 valence electrons. The summed E-state index contributed by atoms with van der Waals surface area (Å²) in [4.78, 5) is 8.35. The van der Waals surface area contributed by atoms with Crippen LogP contribution in [0.5, 0.6) is 5.75 Å². The lowest BCUT2D eigenvalue weighted by atomic mass is 10.1. The van der Waals surface area contributed by atoms with Crippen molar-refractivity contribution in [1.29, 1.82) is 0 Å². The molecule has 0 unspecified atom stereocenters. The summed E-state index contributed by atoms with van der Waals surface area (Å²) < 4.78 is 28.6. The van der Waals surface area contributed by atoms with Gasteiger partial charge >= 0.3 is 6.61 Å². The van der Waals surface area contributed by atoms with Gasteiger partial charge in [-0.15, -0.1) is 11.3 Å². The first-order valence-corrected chi connectivity index (χ1v) is 9.39. The summed E-state index contributed by atoms with van der Waals surface area (Å²) in [5.41, 5.74) is 2.11. The third kappa shape index (κ3) is 5.12. The van der Waals surface area contributed by atoms with Crippen LogP contribution in [0.25, 0.3) is 0 Å². The van der Waals surface area contributed by atoms with Crippen LogP contribution in [0.4, 0.5) is 13.9 Å². The van der Waals surface area contributed by atoms with Crippen LogP contribution >= 0.6 is 11.3 Å². The van der Waals surface area contributed by atoms with E-state index in [0.717, 1.165) is 36.0 Å². The lowest BCUT2D eigenvalue weighted by Gasteiger charge is -2.25. The van der Waals surface area contributed by atoms with E-state index in [9.17, 15) is 8.78 Å². The van der Waals surface area contributed by atoms with E-state index < -0.39 is 6.61 Å². The molecule has 0 spiro atoms. The number of nitrogens with zero attached hydrogens (tertiary/aromatic N) is 2. The number of aromatic nitrogens is 1. The van der Waals surface area contributed by atoms with Crippen LogP contribution < -0.4 is 15.0 Å². The Hall–Kier alpha value is -1.73. The van der Waals surface area contributed by atoms with E-state index in [4.69, 9.17) is 4.98 Å². The van der Waals surface area contributed by atoms with Crippen LogP contribution in [0.2, 0.25) is 0 Å². The van der Waals surface area contributed by atoms with E-state index in [1.54, 1.807) is 35.6 Å². The van der Waals surface area contributed by atoms with E-state index in [-0.39, 0.29) is 5.75 Å². The van der Waals surface area contributed by atoms with Crippen molar-refractivity contribution in [3.8, 4) is 5.75 Å². The summed E-state index contributed by atoms with van der Waals surface area (Å²) in [6, 6.07) is 6.72. The van der Waals surface area contributed by atoms with E-state index in [0.29, 0.717) is 6.54 Å². The number of rotatable bonds is 7. The molecule has 4 nitrogen and oxygen atoms in total. The molecule has 0 saturated carbocycles. The largest absolute Gasteiger partial charge is 0.435 e. The molecular weight excluding hydrogens is 344 g/mol. The van der Waals surface area contributed by atoms with Gasteiger partial charge in [0.25, 0.3) is 0 Å². The van der Waals surface area contributed by atoms with Gasteiger partial charge in [0.15, 0.2) is 5.13 Å². The van der Waals surface area contributed by atoms with Crippen molar-refractivity contribution in [1.82, 2.24) is 10.3 Å². The number of alkyl halides is 2. The van der Waals surface area contributed by atoms with Gasteiger partial charge in [-0.05, 0) is 43.9 Å². The number of piperidine rings is 1. The molecule has 1 aliphatic heterocycles. The molecule has 1 aliphatic rings. The topological polar surface area (TPSA) is 37.4 Å². The molecule has 3 rings (SSSR count). The third-order valence-corrected chi connectivity index (χ3v) is 5.49. The van der Waals surface area contributed by atoms with E-state index >= 15 is 0 Å². The summed E-state index contributed by atoms with van der Waals surface area (Å²) in [7, 11) is 0. The highest BCUT2D eigenvalue weighted by atomic mass is 32.1. The first-order chi connectivity index (χ1) is 12.1. The van der Waals surface area contributed by atoms with Crippen LogP contribution in [0.15, 0.2) is 24.3 Å². The molecule has 2 heterocycles. The zero-order valence-corrected chi connectivity index (χ0v) is 15.1. The number of hydrogen-bond donors (Lipinski definition) is 1. The Morgan fingerprint density at radius 3 is 2.56 bits per heavy atom. The van der Waals surface area contributed by atoms with Gasteiger partial charge < -0.3 is 15.0 Å². The second-order valence-electron chi connectivity index (χ2n) is 6.18. The second kappa shape index (κ2) is 8.58. The Bertz CT molecular complexity index is 669. The van der Waals surface area contributed by atoms with Crippen molar-refractivity contribution in [2.45, 2.75) is 45.9 Å². The van der Waals surface area contributed by atoms with E-state index in [2.05, 4.69) is 21.9 Å². The predicted molar refractivity (Wildman–Crippen MR) is 96.5 cm³/mol. The Labute approximate surface area is 150 Å². The summed E-state index contributed by atoms with van der Waals surface area (Å²) in [6.07, 6.45) is 3.81. The number of aryl methyl sites for hydroxylation is 1. The number of ether oxygens (including phenoxy) is 1. The van der Waals surface area contributed by atoms with E-state index in [1.807, 2.05) is 0 Å². The molecular formula is C18H23F2N3OS. The Balaban J connectivity index is 1.51. The fourth-order valence-corrected chi connectivity index (χ4v) is 3.99. The van der Waals surface area contributed by atoms with Gasteiger partial charge in [0.1, 0.15) is 5.75 Å². The van der Waals surface area contributed by atoms with Crippen molar-refractivity contribution in [2.75, 3.05) is 18.0 Å². The molecule has 1 N–H and O–H groups in total. The maximum absolute atomic E-state index is 12.1. The van der Waals surface area contributed by atoms with Crippen LogP contribution in [0.3, 0.4) is 0 Å². The maximum Gasteiger partial charge on any atom is 0.387 e. The monoisotopic (exact) mass is 367 g/mol. The average molecular weight is 367 g/mol. The molecule has 0 aliphatic carbocycles. The minimum atomic E-state index is -2.78. The van der Waals surface area contributed by atoms with Gasteiger partial charge in [-0.25, -0.2) is 4.98 Å². The van der Waals surface area contributed by atoms with Crippen LogP contribution in [-0.4, -0.2) is 24.7 Å². The lowest BCUT2D eigenvalue weighted by molar-refractivity contribution is -0.0498. The Morgan fingerprint density at radius 1 is 1.16 bits per heavy atom. The number of benzene rings is 1. The Morgan fingerprint density at radius 2 is 1.88 bits per heavy atom. The smallest absolute Gasteiger partial charge is 0.387 e. The number of halogens is 2. The number of anilines is 1. The summed E-state index contributed by atoms with van der Waals surface area (Å²) in [5, 5.41) is 4.53. The van der Waals surface area contributed by atoms with Gasteiger partial charge in [0.05, 0.1) is 5.69 Å². The van der Waals surface area contributed by atoms with Gasteiger partial charge in [0, 0.05) is 31.1 Å². The van der Waals surface area contributed by atoms with Crippen LogP contribution in [0.1, 0.15) is 35.4 Å². The summed E-state index contributed by atoms with van der Waals surface area (Å²) in [5.74, 6) is 0.184. The molecule has 0 bridgehead atoms. The van der Waals surface area contributed by atoms with Crippen LogP contribution in [0, 0.1) is 6.92 Å². The molecule has 25 heavy (non-hydrogen) atoms. The SMILES string of the molecule is Cc1nc(N2CCCCC2)sc1CNCc1ccc(OC(F)F)cc1. The van der Waals surface area contributed by atoms with Crippen molar-refractivity contribution in [2.24, 2.45) is 0 Å². The number of thiazole rings is 1. The molecule has 1 fully saturated rings. The number of nitrogens with one attached hydrogen (secondary N) is 1. The first kappa shape index (κ1) is 18.1. The molecule has 0 amide bonds. The maximum atomic E-state index is 12.1. The second-order valence-corrected chi connectivity index (χ2v) is 7.24. The highest BCUT2D eigenvalue weighted by Crippen LogP contribution is 2.28. The minimum Gasteiger partial charge on any atom is -0.435 e. The fourth-order valence-electron chi connectivity index (χ4n) is 2.91. The highest BCUT2D eigenvalue weighted by molar-refractivity contribution is 7.15. The van der Waals surface area contributed by atoms with Crippen molar-refractivity contribution >= 4 is 16.5 Å². The summed E-state index contributed by atoms with van der Waals surface area (Å²) in [6.45, 7) is 2.90.